The molecule has 0 aliphatic rings. The van der Waals surface area contributed by atoms with Gasteiger partial charge in [-0.05, 0) is 52.2 Å². The number of halogens is 6. The molecule has 5 aromatic carbocycles. The summed E-state index contributed by atoms with van der Waals surface area (Å²) in [5.41, 5.74) is 0.0192. The highest BCUT2D eigenvalue weighted by molar-refractivity contribution is 7.89. The van der Waals surface area contributed by atoms with Gasteiger partial charge in [0.05, 0.1) is 13.1 Å². The molecule has 0 spiro atoms. The van der Waals surface area contributed by atoms with Gasteiger partial charge in [0.1, 0.15) is 11.3 Å². The van der Waals surface area contributed by atoms with Crippen LogP contribution in [0.3, 0.4) is 0 Å². The molecule has 0 atom stereocenters. The zero-order chi connectivity index (χ0) is 34.9. The van der Waals surface area contributed by atoms with Crippen molar-refractivity contribution in [2.24, 2.45) is 0 Å². The van der Waals surface area contributed by atoms with Gasteiger partial charge in [0.25, 0.3) is 0 Å². The topological polar surface area (TPSA) is 115 Å². The fourth-order valence-corrected chi connectivity index (χ4v) is 6.52. The molecule has 8 nitrogen and oxygen atoms in total. The molecule has 0 fully saturated rings. The molecule has 0 saturated heterocycles. The van der Waals surface area contributed by atoms with Crippen LogP contribution >= 0.6 is 11.6 Å². The predicted octanol–water partition coefficient (Wildman–Crippen LogP) is 7.02. The van der Waals surface area contributed by atoms with Crippen molar-refractivity contribution < 1.29 is 50.2 Å². The van der Waals surface area contributed by atoms with Gasteiger partial charge in [-0.25, -0.2) is 35.2 Å². The van der Waals surface area contributed by atoms with E-state index >= 15 is 0 Å². The highest BCUT2D eigenvalue weighted by Crippen LogP contribution is 2.32. The molecule has 0 heterocycles. The summed E-state index contributed by atoms with van der Waals surface area (Å²) in [6, 6.07) is 20.8. The third-order valence-electron chi connectivity index (χ3n) is 7.33. The number of benzene rings is 5. The molecule has 0 radical (unpaired) electrons. The molecule has 0 unspecified atom stereocenters. The molecule has 0 aromatic heterocycles. The predicted molar refractivity (Wildman–Crippen MR) is 165 cm³/mol. The lowest BCUT2D eigenvalue weighted by Gasteiger charge is -2.28. The highest BCUT2D eigenvalue weighted by atomic mass is 35.5. The normalized spacial score (nSPS) is 11.6. The van der Waals surface area contributed by atoms with E-state index in [1.54, 1.807) is 30.3 Å². The Kier molecular flexibility index (Phi) is 9.71. The molecule has 48 heavy (non-hydrogen) atoms. The Morgan fingerprint density at radius 3 is 1.90 bits per heavy atom. The monoisotopic (exact) mass is 704 g/mol. The number of sulfonamides is 1. The minimum Gasteiger partial charge on any atom is -0.507 e. The van der Waals surface area contributed by atoms with Crippen LogP contribution in [-0.2, 0) is 27.9 Å². The number of carbonyl (C=O) groups is 2. The van der Waals surface area contributed by atoms with Crippen LogP contribution in [0.15, 0.2) is 89.8 Å². The number of rotatable bonds is 10. The Morgan fingerprint density at radius 2 is 1.29 bits per heavy atom. The van der Waals surface area contributed by atoms with Gasteiger partial charge in [0.15, 0.2) is 28.2 Å². The average Bonchev–Trinajstić information content (AvgIpc) is 3.05. The van der Waals surface area contributed by atoms with Crippen LogP contribution in [0.1, 0.15) is 21.5 Å². The Morgan fingerprint density at radius 1 is 0.708 bits per heavy atom. The van der Waals surface area contributed by atoms with Gasteiger partial charge in [-0.1, -0.05) is 60.1 Å². The van der Waals surface area contributed by atoms with Crippen LogP contribution in [0, 0.1) is 29.1 Å². The molecule has 5 rings (SSSR count). The molecule has 5 aromatic rings. The number of fused-ring (bicyclic) bond motifs is 1. The minimum absolute atomic E-state index is 0.101. The summed E-state index contributed by atoms with van der Waals surface area (Å²) in [5.74, 6) is -16.1. The zero-order valence-electron chi connectivity index (χ0n) is 24.3. The third kappa shape index (κ3) is 6.81. The first kappa shape index (κ1) is 34.3. The number of anilines is 1. The van der Waals surface area contributed by atoms with Gasteiger partial charge < -0.3 is 15.1 Å². The number of carbonyl (C=O) groups excluding carboxylic acids is 1. The van der Waals surface area contributed by atoms with Gasteiger partial charge in [-0.15, -0.1) is 0 Å². The van der Waals surface area contributed by atoms with Gasteiger partial charge in [0.2, 0.25) is 21.7 Å². The number of aromatic hydroxyl groups is 1. The van der Waals surface area contributed by atoms with Gasteiger partial charge in [-0.2, -0.15) is 4.31 Å². The van der Waals surface area contributed by atoms with Crippen molar-refractivity contribution in [3.05, 3.63) is 136 Å². The molecule has 15 heteroatoms. The number of aromatic carboxylic acids is 1. The molecular weight excluding hydrogens is 683 g/mol. The number of hydrogen-bond donors (Lipinski definition) is 2. The Balaban J connectivity index is 1.61. The van der Waals surface area contributed by atoms with Crippen LogP contribution in [0.25, 0.3) is 10.8 Å². The van der Waals surface area contributed by atoms with Crippen molar-refractivity contribution in [2.45, 2.75) is 18.0 Å². The van der Waals surface area contributed by atoms with E-state index < -0.39 is 80.3 Å². The Bertz CT molecular complexity index is 2160. The second-order valence-electron chi connectivity index (χ2n) is 10.5. The summed E-state index contributed by atoms with van der Waals surface area (Å²) in [6.45, 7) is -2.27. The van der Waals surface area contributed by atoms with E-state index in [0.29, 0.717) is 5.56 Å². The van der Waals surface area contributed by atoms with E-state index in [2.05, 4.69) is 0 Å². The second-order valence-corrected chi connectivity index (χ2v) is 12.8. The standard InChI is InChI=1S/C33H22ClF5N2O6S/c34-22-9-6-18(7-10-22)15-40(48(46,47)32-30(38)28(36)27(35)29(37)31(32)39)17-26(43)41(23-11-12-24(33(44)45)25(42)14-23)16-19-5-8-20-3-1-2-4-21(20)13-19/h1-14,42H,15-17H2,(H,44,45). The number of nitrogens with zero attached hydrogens (tertiary/aromatic N) is 2. The molecule has 0 aliphatic carbocycles. The Hall–Kier alpha value is -5.05. The van der Waals surface area contributed by atoms with Crippen LogP contribution < -0.4 is 4.90 Å². The lowest BCUT2D eigenvalue weighted by molar-refractivity contribution is -0.119. The van der Waals surface area contributed by atoms with E-state index in [1.807, 2.05) is 12.1 Å². The first-order valence-electron chi connectivity index (χ1n) is 13.8. The summed E-state index contributed by atoms with van der Waals surface area (Å²) in [4.78, 5) is 24.3. The quantitative estimate of drug-likeness (QED) is 0.0918. The van der Waals surface area contributed by atoms with Crippen molar-refractivity contribution in [1.82, 2.24) is 4.31 Å². The maximum atomic E-state index is 14.9. The number of hydrogen-bond acceptors (Lipinski definition) is 5. The van der Waals surface area contributed by atoms with E-state index in [0.717, 1.165) is 27.8 Å². The molecule has 248 valence electrons. The largest absolute Gasteiger partial charge is 0.507 e. The van der Waals surface area contributed by atoms with Crippen LogP contribution in [0.2, 0.25) is 5.02 Å². The fraction of sp³-hybridized carbons (Fsp3) is 0.0909. The van der Waals surface area contributed by atoms with E-state index in [1.165, 1.54) is 30.3 Å². The van der Waals surface area contributed by atoms with Gasteiger partial charge in [-0.3, -0.25) is 4.79 Å². The van der Waals surface area contributed by atoms with Crippen molar-refractivity contribution >= 4 is 50.0 Å². The van der Waals surface area contributed by atoms with Crippen LogP contribution in [0.5, 0.6) is 5.75 Å². The first-order chi connectivity index (χ1) is 22.7. The number of amides is 1. The maximum absolute atomic E-state index is 14.9. The lowest BCUT2D eigenvalue weighted by Crippen LogP contribution is -2.43. The zero-order valence-corrected chi connectivity index (χ0v) is 25.9. The summed E-state index contributed by atoms with van der Waals surface area (Å²) >= 11 is 5.91. The SMILES string of the molecule is O=C(O)c1ccc(N(Cc2ccc3ccccc3c2)C(=O)CN(Cc2ccc(Cl)cc2)S(=O)(=O)c2c(F)c(F)c(F)c(F)c2F)cc1O. The molecule has 2 N–H and O–H groups in total. The third-order valence-corrected chi connectivity index (χ3v) is 9.39. The minimum atomic E-state index is -5.64. The second kappa shape index (κ2) is 13.6. The van der Waals surface area contributed by atoms with Crippen molar-refractivity contribution in [2.75, 3.05) is 11.4 Å². The maximum Gasteiger partial charge on any atom is 0.339 e. The molecule has 0 bridgehead atoms. The van der Waals surface area contributed by atoms with E-state index in [-0.39, 0.29) is 27.1 Å². The summed E-state index contributed by atoms with van der Waals surface area (Å²) in [6.07, 6.45) is 0. The molecular formula is C33H22ClF5N2O6S. The van der Waals surface area contributed by atoms with E-state index in [4.69, 9.17) is 11.6 Å². The number of carboxylic acid groups (broad SMARTS) is 1. The molecule has 0 aliphatic heterocycles. The van der Waals surface area contributed by atoms with Crippen molar-refractivity contribution in [3.8, 4) is 5.75 Å². The Labute approximate surface area is 274 Å². The molecule has 1 amide bonds. The van der Waals surface area contributed by atoms with Crippen LogP contribution in [-0.4, -0.2) is 41.4 Å². The summed E-state index contributed by atoms with van der Waals surface area (Å²) in [7, 11) is -5.64. The summed E-state index contributed by atoms with van der Waals surface area (Å²) in [5, 5.41) is 21.6. The highest BCUT2D eigenvalue weighted by Gasteiger charge is 2.38. The number of phenols is 1. The van der Waals surface area contributed by atoms with Crippen molar-refractivity contribution in [1.29, 1.82) is 0 Å². The first-order valence-corrected chi connectivity index (χ1v) is 15.6. The smallest absolute Gasteiger partial charge is 0.339 e. The van der Waals surface area contributed by atoms with Gasteiger partial charge in [0, 0.05) is 23.3 Å². The van der Waals surface area contributed by atoms with Crippen LogP contribution in [0.4, 0.5) is 27.6 Å². The average molecular weight is 705 g/mol. The summed E-state index contributed by atoms with van der Waals surface area (Å²) < 4.78 is 99.5. The lowest BCUT2D eigenvalue weighted by atomic mass is 10.1. The number of carboxylic acids is 1. The molecule has 0 saturated carbocycles. The van der Waals surface area contributed by atoms with Crippen molar-refractivity contribution in [3.63, 3.8) is 0 Å². The van der Waals surface area contributed by atoms with Gasteiger partial charge >= 0.3 is 5.97 Å². The fourth-order valence-electron chi connectivity index (χ4n) is 4.91. The van der Waals surface area contributed by atoms with E-state index in [9.17, 15) is 50.2 Å².